The average Bonchev–Trinajstić information content (AvgIpc) is 2.46. The highest BCUT2D eigenvalue weighted by Gasteiger charge is 2.35. The molecule has 3 heteroatoms. The Hall–Kier alpha value is -2.34. The zero-order valence-electron chi connectivity index (χ0n) is 11.6. The summed E-state index contributed by atoms with van der Waals surface area (Å²) in [7, 11) is 0. The molecule has 0 amide bonds. The van der Waals surface area contributed by atoms with Gasteiger partial charge in [0.25, 0.3) is 0 Å². The monoisotopic (exact) mass is 264 g/mol. The minimum Gasteiger partial charge on any atom is -0.488 e. The van der Waals surface area contributed by atoms with Gasteiger partial charge in [-0.15, -0.1) is 0 Å². The quantitative estimate of drug-likeness (QED) is 0.789. The lowest BCUT2D eigenvalue weighted by Gasteiger charge is -2.37. The number of ether oxygens (including phenoxy) is 1. The van der Waals surface area contributed by atoms with Gasteiger partial charge in [-0.1, -0.05) is 6.07 Å². The Balaban J connectivity index is 2.14. The van der Waals surface area contributed by atoms with Gasteiger partial charge in [-0.3, -0.25) is 4.98 Å². The Kier molecular flexibility index (Phi) is 2.94. The second-order valence-electron chi connectivity index (χ2n) is 5.74. The van der Waals surface area contributed by atoms with Gasteiger partial charge in [-0.05, 0) is 50.6 Å². The van der Waals surface area contributed by atoms with Crippen LogP contribution in [-0.4, -0.2) is 10.6 Å². The first-order valence-electron chi connectivity index (χ1n) is 6.73. The normalized spacial score (nSPS) is 19.6. The number of pyridine rings is 1. The zero-order chi connectivity index (χ0) is 14.2. The number of rotatable bonds is 1. The van der Waals surface area contributed by atoms with Crippen LogP contribution >= 0.6 is 0 Å². The predicted molar refractivity (Wildman–Crippen MR) is 76.6 cm³/mol. The maximum absolute atomic E-state index is 9.09. The SMILES string of the molecule is CC1(C)CC(c2ccccn2)c2cc(C#N)ccc2O1. The summed E-state index contributed by atoms with van der Waals surface area (Å²) in [5.74, 6) is 1.03. The molecule has 0 N–H and O–H groups in total. The molecular weight excluding hydrogens is 248 g/mol. The van der Waals surface area contributed by atoms with Crippen molar-refractivity contribution < 1.29 is 4.74 Å². The van der Waals surface area contributed by atoms with E-state index >= 15 is 0 Å². The highest BCUT2D eigenvalue weighted by molar-refractivity contribution is 5.48. The minimum atomic E-state index is -0.233. The maximum Gasteiger partial charge on any atom is 0.124 e. The van der Waals surface area contributed by atoms with Crippen LogP contribution in [0.3, 0.4) is 0 Å². The van der Waals surface area contributed by atoms with Crippen LogP contribution in [-0.2, 0) is 0 Å². The summed E-state index contributed by atoms with van der Waals surface area (Å²) in [5.41, 5.74) is 2.51. The molecule has 2 aromatic rings. The molecule has 1 aromatic carbocycles. The molecule has 20 heavy (non-hydrogen) atoms. The number of aromatic nitrogens is 1. The van der Waals surface area contributed by atoms with Crippen molar-refractivity contribution in [1.29, 1.82) is 5.26 Å². The highest BCUT2D eigenvalue weighted by Crippen LogP contribution is 2.43. The third kappa shape index (κ3) is 2.25. The summed E-state index contributed by atoms with van der Waals surface area (Å²) in [4.78, 5) is 4.48. The topological polar surface area (TPSA) is 45.9 Å². The Morgan fingerprint density at radius 1 is 1.30 bits per heavy atom. The van der Waals surface area contributed by atoms with Gasteiger partial charge in [-0.25, -0.2) is 0 Å². The molecule has 0 spiro atoms. The second kappa shape index (κ2) is 4.64. The summed E-state index contributed by atoms with van der Waals surface area (Å²) in [6.07, 6.45) is 2.66. The van der Waals surface area contributed by atoms with Gasteiger partial charge in [0.15, 0.2) is 0 Å². The molecule has 3 nitrogen and oxygen atoms in total. The van der Waals surface area contributed by atoms with E-state index in [9.17, 15) is 0 Å². The largest absolute Gasteiger partial charge is 0.488 e. The molecule has 1 aliphatic rings. The molecule has 3 rings (SSSR count). The van der Waals surface area contributed by atoms with E-state index in [1.807, 2.05) is 36.5 Å². The molecule has 0 radical (unpaired) electrons. The van der Waals surface area contributed by atoms with Crippen LogP contribution in [0.2, 0.25) is 0 Å². The first kappa shape index (κ1) is 12.7. The fraction of sp³-hybridized carbons (Fsp3) is 0.294. The Morgan fingerprint density at radius 2 is 2.15 bits per heavy atom. The summed E-state index contributed by atoms with van der Waals surface area (Å²) in [6.45, 7) is 4.17. The van der Waals surface area contributed by atoms with Crippen LogP contribution in [0.25, 0.3) is 0 Å². The summed E-state index contributed by atoms with van der Waals surface area (Å²) in [5, 5.41) is 9.09. The van der Waals surface area contributed by atoms with Crippen molar-refractivity contribution in [2.24, 2.45) is 0 Å². The predicted octanol–water partition coefficient (Wildman–Crippen LogP) is 3.65. The summed E-state index contributed by atoms with van der Waals surface area (Å²) >= 11 is 0. The molecule has 0 saturated heterocycles. The van der Waals surface area contributed by atoms with E-state index < -0.39 is 0 Å². The van der Waals surface area contributed by atoms with Gasteiger partial charge in [0.1, 0.15) is 11.4 Å². The lowest BCUT2D eigenvalue weighted by atomic mass is 9.81. The van der Waals surface area contributed by atoms with E-state index in [0.29, 0.717) is 5.56 Å². The molecule has 2 heterocycles. The first-order chi connectivity index (χ1) is 9.59. The Bertz CT molecular complexity index is 671. The van der Waals surface area contributed by atoms with E-state index in [4.69, 9.17) is 10.00 Å². The van der Waals surface area contributed by atoms with Crippen LogP contribution in [0.4, 0.5) is 0 Å². The third-order valence-electron chi connectivity index (χ3n) is 3.64. The van der Waals surface area contributed by atoms with E-state index in [2.05, 4.69) is 24.9 Å². The summed E-state index contributed by atoms with van der Waals surface area (Å²) < 4.78 is 6.03. The number of hydrogen-bond acceptors (Lipinski definition) is 3. The van der Waals surface area contributed by atoms with Crippen LogP contribution in [0, 0.1) is 11.3 Å². The number of hydrogen-bond donors (Lipinski definition) is 0. The van der Waals surface area contributed by atoms with E-state index in [1.54, 1.807) is 6.07 Å². The second-order valence-corrected chi connectivity index (χ2v) is 5.74. The van der Waals surface area contributed by atoms with Crippen molar-refractivity contribution in [3.05, 3.63) is 59.4 Å². The molecule has 0 saturated carbocycles. The molecule has 0 bridgehead atoms. The standard InChI is InChI=1S/C17H16N2O/c1-17(2)10-14(15-5-3-4-8-19-15)13-9-12(11-18)6-7-16(13)20-17/h3-9,14H,10H2,1-2H3. The fourth-order valence-electron chi connectivity index (χ4n) is 2.77. The Labute approximate surface area is 118 Å². The minimum absolute atomic E-state index is 0.170. The number of fused-ring (bicyclic) bond motifs is 1. The average molecular weight is 264 g/mol. The van der Waals surface area contributed by atoms with Gasteiger partial charge in [0, 0.05) is 23.4 Å². The fourth-order valence-corrected chi connectivity index (χ4v) is 2.77. The van der Waals surface area contributed by atoms with Gasteiger partial charge in [0.2, 0.25) is 0 Å². The van der Waals surface area contributed by atoms with Crippen molar-refractivity contribution >= 4 is 0 Å². The van der Waals surface area contributed by atoms with Crippen molar-refractivity contribution in [3.8, 4) is 11.8 Å². The van der Waals surface area contributed by atoms with E-state index in [0.717, 1.165) is 23.4 Å². The molecule has 0 aliphatic carbocycles. The first-order valence-corrected chi connectivity index (χ1v) is 6.73. The number of nitrogens with zero attached hydrogens (tertiary/aromatic N) is 2. The maximum atomic E-state index is 9.09. The molecular formula is C17H16N2O. The smallest absolute Gasteiger partial charge is 0.124 e. The molecule has 1 atom stereocenters. The van der Waals surface area contributed by atoms with Crippen molar-refractivity contribution in [1.82, 2.24) is 4.98 Å². The number of benzene rings is 1. The van der Waals surface area contributed by atoms with Gasteiger partial charge < -0.3 is 4.74 Å². The summed E-state index contributed by atoms with van der Waals surface area (Å²) in [6, 6.07) is 13.8. The lowest BCUT2D eigenvalue weighted by Crippen LogP contribution is -2.35. The van der Waals surface area contributed by atoms with Crippen LogP contribution in [0.5, 0.6) is 5.75 Å². The van der Waals surface area contributed by atoms with Crippen LogP contribution in [0.15, 0.2) is 42.6 Å². The zero-order valence-corrected chi connectivity index (χ0v) is 11.6. The van der Waals surface area contributed by atoms with Crippen LogP contribution in [0.1, 0.15) is 43.0 Å². The van der Waals surface area contributed by atoms with Crippen molar-refractivity contribution in [2.75, 3.05) is 0 Å². The van der Waals surface area contributed by atoms with Crippen molar-refractivity contribution in [3.63, 3.8) is 0 Å². The molecule has 0 fully saturated rings. The van der Waals surface area contributed by atoms with Gasteiger partial charge in [0.05, 0.1) is 11.6 Å². The molecule has 1 unspecified atom stereocenters. The van der Waals surface area contributed by atoms with E-state index in [1.165, 1.54) is 0 Å². The van der Waals surface area contributed by atoms with Gasteiger partial charge in [-0.2, -0.15) is 5.26 Å². The molecule has 100 valence electrons. The molecule has 1 aliphatic heterocycles. The van der Waals surface area contributed by atoms with Crippen molar-refractivity contribution in [2.45, 2.75) is 31.8 Å². The molecule has 1 aromatic heterocycles. The lowest BCUT2D eigenvalue weighted by molar-refractivity contribution is 0.0769. The van der Waals surface area contributed by atoms with Gasteiger partial charge >= 0.3 is 0 Å². The number of nitriles is 1. The Morgan fingerprint density at radius 3 is 2.85 bits per heavy atom. The highest BCUT2D eigenvalue weighted by atomic mass is 16.5. The van der Waals surface area contributed by atoms with Crippen LogP contribution < -0.4 is 4.74 Å². The third-order valence-corrected chi connectivity index (χ3v) is 3.64. The van der Waals surface area contributed by atoms with E-state index in [-0.39, 0.29) is 11.5 Å².